The summed E-state index contributed by atoms with van der Waals surface area (Å²) in [5.74, 6) is -1.94. The number of benzene rings is 2. The van der Waals surface area contributed by atoms with Gasteiger partial charge in [0, 0.05) is 0 Å². The molecule has 1 aliphatic heterocycles. The van der Waals surface area contributed by atoms with Crippen LogP contribution in [0.3, 0.4) is 0 Å². The summed E-state index contributed by atoms with van der Waals surface area (Å²) in [6.07, 6.45) is 0. The summed E-state index contributed by atoms with van der Waals surface area (Å²) in [5.41, 5.74) is -0.465. The van der Waals surface area contributed by atoms with Crippen LogP contribution in [-0.2, 0) is 19.3 Å². The fourth-order valence-corrected chi connectivity index (χ4v) is 4.08. The van der Waals surface area contributed by atoms with Crippen molar-refractivity contribution >= 4 is 39.9 Å². The van der Waals surface area contributed by atoms with Crippen molar-refractivity contribution in [3.8, 4) is 0 Å². The molecule has 2 aromatic rings. The molecule has 10 heteroatoms. The van der Waals surface area contributed by atoms with Gasteiger partial charge in [-0.15, -0.1) is 0 Å². The summed E-state index contributed by atoms with van der Waals surface area (Å²) in [6, 6.07) is 6.69. The van der Waals surface area contributed by atoms with Crippen molar-refractivity contribution in [2.75, 3.05) is 4.72 Å². The van der Waals surface area contributed by atoms with Gasteiger partial charge < -0.3 is 9.31 Å². The zero-order chi connectivity index (χ0) is 20.9. The molecular formula is C18H19BClF2NO4S. The second-order valence-electron chi connectivity index (χ2n) is 7.51. The largest absolute Gasteiger partial charge is 0.494 e. The highest BCUT2D eigenvalue weighted by Gasteiger charge is 2.51. The highest BCUT2D eigenvalue weighted by atomic mass is 35.5. The first-order valence-corrected chi connectivity index (χ1v) is 10.3. The van der Waals surface area contributed by atoms with Crippen molar-refractivity contribution in [3.63, 3.8) is 0 Å². The molecule has 0 radical (unpaired) electrons. The molecule has 0 aliphatic carbocycles. The maximum absolute atomic E-state index is 13.8. The number of halogens is 3. The summed E-state index contributed by atoms with van der Waals surface area (Å²) < 4.78 is 66.0. The van der Waals surface area contributed by atoms with E-state index in [1.54, 1.807) is 6.07 Å². The van der Waals surface area contributed by atoms with Gasteiger partial charge in [-0.05, 0) is 63.5 Å². The summed E-state index contributed by atoms with van der Waals surface area (Å²) >= 11 is 6.21. The van der Waals surface area contributed by atoms with Crippen molar-refractivity contribution in [2.45, 2.75) is 43.8 Å². The van der Waals surface area contributed by atoms with Crippen LogP contribution in [0.5, 0.6) is 0 Å². The van der Waals surface area contributed by atoms with Gasteiger partial charge in [0.2, 0.25) is 0 Å². The van der Waals surface area contributed by atoms with Crippen molar-refractivity contribution < 1.29 is 26.5 Å². The average molecular weight is 430 g/mol. The smallest absolute Gasteiger partial charge is 0.399 e. The van der Waals surface area contributed by atoms with Crippen LogP contribution in [-0.4, -0.2) is 26.7 Å². The van der Waals surface area contributed by atoms with Crippen LogP contribution in [0.1, 0.15) is 27.7 Å². The van der Waals surface area contributed by atoms with Crippen LogP contribution in [0.4, 0.5) is 14.5 Å². The Hall–Kier alpha value is -1.68. The van der Waals surface area contributed by atoms with Crippen molar-refractivity contribution in [1.29, 1.82) is 0 Å². The van der Waals surface area contributed by atoms with Crippen LogP contribution < -0.4 is 10.2 Å². The Morgan fingerprint density at radius 1 is 1.00 bits per heavy atom. The third kappa shape index (κ3) is 3.89. The Kier molecular flexibility index (Phi) is 5.25. The number of anilines is 1. The molecule has 28 heavy (non-hydrogen) atoms. The zero-order valence-corrected chi connectivity index (χ0v) is 17.3. The number of rotatable bonds is 4. The van der Waals surface area contributed by atoms with Crippen molar-refractivity contribution in [1.82, 2.24) is 0 Å². The first-order valence-electron chi connectivity index (χ1n) is 8.45. The minimum Gasteiger partial charge on any atom is -0.399 e. The van der Waals surface area contributed by atoms with Gasteiger partial charge >= 0.3 is 7.12 Å². The molecule has 0 amide bonds. The minimum absolute atomic E-state index is 0.0191. The van der Waals surface area contributed by atoms with Gasteiger partial charge in [0.05, 0.1) is 21.9 Å². The molecule has 1 aliphatic rings. The van der Waals surface area contributed by atoms with Crippen LogP contribution in [0, 0.1) is 11.6 Å². The molecule has 0 atom stereocenters. The predicted octanol–water partition coefficient (Wildman–Crippen LogP) is 3.72. The fourth-order valence-electron chi connectivity index (χ4n) is 2.62. The topological polar surface area (TPSA) is 64.6 Å². The monoisotopic (exact) mass is 429 g/mol. The zero-order valence-electron chi connectivity index (χ0n) is 15.7. The van der Waals surface area contributed by atoms with E-state index in [1.807, 2.05) is 27.7 Å². The molecule has 1 saturated heterocycles. The summed E-state index contributed by atoms with van der Waals surface area (Å²) in [5, 5.41) is 0.0626. The Balaban J connectivity index is 1.87. The van der Waals surface area contributed by atoms with Crippen LogP contribution >= 0.6 is 11.6 Å². The summed E-state index contributed by atoms with van der Waals surface area (Å²) in [4.78, 5) is -0.807. The van der Waals surface area contributed by atoms with Gasteiger partial charge in [-0.3, -0.25) is 4.72 Å². The van der Waals surface area contributed by atoms with Crippen LogP contribution in [0.25, 0.3) is 0 Å². The standard InChI is InChI=1S/C18H19BClF2NO4S/c1-17(2)18(3,4)27-19(26-17)11-5-8-15(13(20)9-11)23-28(24,25)16-10-12(21)6-7-14(16)22/h5-10,23H,1-4H3. The van der Waals surface area contributed by atoms with Gasteiger partial charge in [-0.1, -0.05) is 17.7 Å². The van der Waals surface area contributed by atoms with Gasteiger partial charge in [-0.2, -0.15) is 0 Å². The summed E-state index contributed by atoms with van der Waals surface area (Å²) in [6.45, 7) is 7.63. The second-order valence-corrected chi connectivity index (χ2v) is 9.57. The van der Waals surface area contributed by atoms with E-state index in [-0.39, 0.29) is 10.7 Å². The lowest BCUT2D eigenvalue weighted by atomic mass is 9.79. The molecule has 0 spiro atoms. The highest BCUT2D eigenvalue weighted by molar-refractivity contribution is 7.92. The molecule has 0 bridgehead atoms. The Labute approximate surface area is 168 Å². The first-order chi connectivity index (χ1) is 12.8. The highest BCUT2D eigenvalue weighted by Crippen LogP contribution is 2.37. The van der Waals surface area contributed by atoms with Gasteiger partial charge in [0.25, 0.3) is 10.0 Å². The molecule has 5 nitrogen and oxygen atoms in total. The molecule has 1 N–H and O–H groups in total. The Bertz CT molecular complexity index is 1010. The van der Waals surface area contributed by atoms with E-state index in [9.17, 15) is 17.2 Å². The third-order valence-electron chi connectivity index (χ3n) is 4.95. The summed E-state index contributed by atoms with van der Waals surface area (Å²) in [7, 11) is -5.04. The quantitative estimate of drug-likeness (QED) is 0.753. The molecule has 0 saturated carbocycles. The first kappa shape index (κ1) is 21.0. The lowest BCUT2D eigenvalue weighted by molar-refractivity contribution is 0.00578. The molecular weight excluding hydrogens is 411 g/mol. The van der Waals surface area contributed by atoms with Crippen molar-refractivity contribution in [3.05, 3.63) is 53.1 Å². The molecule has 1 fully saturated rings. The maximum atomic E-state index is 13.8. The fraction of sp³-hybridized carbons (Fsp3) is 0.333. The van der Waals surface area contributed by atoms with E-state index in [1.165, 1.54) is 12.1 Å². The predicted molar refractivity (Wildman–Crippen MR) is 104 cm³/mol. The van der Waals surface area contributed by atoms with Gasteiger partial charge in [0.15, 0.2) is 0 Å². The number of nitrogens with one attached hydrogen (secondary N) is 1. The van der Waals surface area contributed by atoms with E-state index in [0.717, 1.165) is 12.1 Å². The molecule has 0 aromatic heterocycles. The maximum Gasteiger partial charge on any atom is 0.494 e. The van der Waals surface area contributed by atoms with Crippen LogP contribution in [0.2, 0.25) is 5.02 Å². The molecule has 3 rings (SSSR count). The Morgan fingerprint density at radius 3 is 2.18 bits per heavy atom. The van der Waals surface area contributed by atoms with E-state index in [0.29, 0.717) is 11.5 Å². The number of sulfonamides is 1. The third-order valence-corrected chi connectivity index (χ3v) is 6.64. The SMILES string of the molecule is CC1(C)OB(c2ccc(NS(=O)(=O)c3cc(F)ccc3F)c(Cl)c2)OC1(C)C. The van der Waals surface area contributed by atoms with E-state index < -0.39 is 44.9 Å². The lowest BCUT2D eigenvalue weighted by Crippen LogP contribution is -2.41. The van der Waals surface area contributed by atoms with Crippen LogP contribution in [0.15, 0.2) is 41.3 Å². The van der Waals surface area contributed by atoms with Gasteiger partial charge in [-0.25, -0.2) is 17.2 Å². The number of hydrogen-bond acceptors (Lipinski definition) is 4. The molecule has 150 valence electrons. The van der Waals surface area contributed by atoms with Gasteiger partial charge in [0.1, 0.15) is 16.5 Å². The minimum atomic E-state index is -4.37. The van der Waals surface area contributed by atoms with E-state index >= 15 is 0 Å². The normalized spacial score (nSPS) is 18.3. The molecule has 0 unspecified atom stereocenters. The average Bonchev–Trinajstić information content (AvgIpc) is 2.79. The number of hydrogen-bond donors (Lipinski definition) is 1. The lowest BCUT2D eigenvalue weighted by Gasteiger charge is -2.32. The van der Waals surface area contributed by atoms with Crippen molar-refractivity contribution in [2.24, 2.45) is 0 Å². The molecule has 2 aromatic carbocycles. The Morgan fingerprint density at radius 2 is 1.61 bits per heavy atom. The second kappa shape index (κ2) is 6.98. The van der Waals surface area contributed by atoms with E-state index in [4.69, 9.17) is 20.9 Å². The van der Waals surface area contributed by atoms with E-state index in [2.05, 4.69) is 4.72 Å². The molecule has 1 heterocycles.